The molecule has 2 aliphatic heterocycles. The van der Waals surface area contributed by atoms with E-state index in [9.17, 15) is 18.0 Å². The van der Waals surface area contributed by atoms with Gasteiger partial charge < -0.3 is 20.1 Å². The summed E-state index contributed by atoms with van der Waals surface area (Å²) in [6, 6.07) is 14.6. The monoisotopic (exact) mass is 601 g/mol. The summed E-state index contributed by atoms with van der Waals surface area (Å²) in [5, 5.41) is 10.4. The van der Waals surface area contributed by atoms with Crippen LogP contribution in [0.15, 0.2) is 65.5 Å². The van der Waals surface area contributed by atoms with Crippen molar-refractivity contribution in [1.82, 2.24) is 15.5 Å². The molecule has 10 heteroatoms. The van der Waals surface area contributed by atoms with E-state index in [1.165, 1.54) is 35.5 Å². The first kappa shape index (κ1) is 28.4. The lowest BCUT2D eigenvalue weighted by atomic mass is 9.73. The van der Waals surface area contributed by atoms with Crippen molar-refractivity contribution in [3.8, 4) is 0 Å². The van der Waals surface area contributed by atoms with Crippen LogP contribution in [0.2, 0.25) is 0 Å². The number of fused-ring (bicyclic) bond motifs is 3. The topological polar surface area (TPSA) is 83.3 Å². The zero-order valence-electron chi connectivity index (χ0n) is 24.3. The lowest BCUT2D eigenvalue weighted by Gasteiger charge is -2.41. The number of rotatable bonds is 7. The van der Waals surface area contributed by atoms with E-state index in [0.29, 0.717) is 5.56 Å². The maximum atomic E-state index is 14.6. The van der Waals surface area contributed by atoms with Gasteiger partial charge in [0.15, 0.2) is 17.5 Å². The van der Waals surface area contributed by atoms with Crippen molar-refractivity contribution in [1.29, 1.82) is 0 Å². The lowest BCUT2D eigenvalue weighted by molar-refractivity contribution is -0.122. The number of amides is 1. The summed E-state index contributed by atoms with van der Waals surface area (Å²) < 4.78 is 46.9. The fraction of sp³-hybridized carbons (Fsp3) is 0.382. The highest BCUT2D eigenvalue weighted by Gasteiger charge is 2.46. The average Bonchev–Trinajstić information content (AvgIpc) is 3.66. The number of anilines is 2. The Morgan fingerprint density at radius 1 is 1.07 bits per heavy atom. The van der Waals surface area contributed by atoms with Gasteiger partial charge >= 0.3 is 0 Å². The Labute approximate surface area is 253 Å². The SMILES string of the molecule is O=C(C[C@@H]1CC2(CCN(c3ccc4c(c3)CCCN4)CC2)c2cc(F)ccc21)N[C@H](Cc1ccc(F)c(F)c1)c1ncon1. The quantitative estimate of drug-likeness (QED) is 0.257. The Morgan fingerprint density at radius 2 is 1.93 bits per heavy atom. The summed E-state index contributed by atoms with van der Waals surface area (Å²) in [5.74, 6) is -2.22. The molecule has 2 N–H and O–H groups in total. The minimum absolute atomic E-state index is 0.0823. The number of nitrogens with zero attached hydrogens (tertiary/aromatic N) is 3. The van der Waals surface area contributed by atoms with Crippen molar-refractivity contribution < 1.29 is 22.5 Å². The second kappa shape index (κ2) is 11.6. The van der Waals surface area contributed by atoms with Crippen LogP contribution in [-0.4, -0.2) is 35.7 Å². The summed E-state index contributed by atoms with van der Waals surface area (Å²) in [4.78, 5) is 20.0. The van der Waals surface area contributed by atoms with Crippen LogP contribution in [-0.2, 0) is 23.1 Å². The van der Waals surface area contributed by atoms with Crippen molar-refractivity contribution >= 4 is 17.3 Å². The highest BCUT2D eigenvalue weighted by molar-refractivity contribution is 5.78. The smallest absolute Gasteiger partial charge is 0.221 e. The third kappa shape index (κ3) is 5.53. The predicted molar refractivity (Wildman–Crippen MR) is 160 cm³/mol. The van der Waals surface area contributed by atoms with Crippen LogP contribution in [0.25, 0.3) is 0 Å². The molecule has 1 fully saturated rings. The molecule has 2 atom stereocenters. The summed E-state index contributed by atoms with van der Waals surface area (Å²) in [6.45, 7) is 2.73. The highest BCUT2D eigenvalue weighted by Crippen LogP contribution is 2.53. The Morgan fingerprint density at radius 3 is 2.73 bits per heavy atom. The Bertz CT molecular complexity index is 1670. The Hall–Kier alpha value is -4.34. The molecule has 1 amide bonds. The minimum atomic E-state index is -0.963. The number of aromatic nitrogens is 2. The zero-order valence-corrected chi connectivity index (χ0v) is 24.3. The number of hydrogen-bond donors (Lipinski definition) is 2. The summed E-state index contributed by atoms with van der Waals surface area (Å²) in [5.41, 5.74) is 6.13. The van der Waals surface area contributed by atoms with Crippen molar-refractivity contribution in [2.24, 2.45) is 0 Å². The van der Waals surface area contributed by atoms with Crippen molar-refractivity contribution in [3.63, 3.8) is 0 Å². The second-order valence-electron chi connectivity index (χ2n) is 12.3. The maximum Gasteiger partial charge on any atom is 0.221 e. The van der Waals surface area contributed by atoms with Gasteiger partial charge in [0, 0.05) is 43.9 Å². The number of carbonyl (C=O) groups excluding carboxylic acids is 1. The fourth-order valence-electron chi connectivity index (χ4n) is 7.46. The molecule has 3 heterocycles. The number of nitrogens with one attached hydrogen (secondary N) is 2. The van der Waals surface area contributed by atoms with Crippen LogP contribution in [0.1, 0.15) is 72.1 Å². The van der Waals surface area contributed by atoms with Crippen molar-refractivity contribution in [3.05, 3.63) is 107 Å². The molecule has 0 unspecified atom stereocenters. The van der Waals surface area contributed by atoms with E-state index in [2.05, 4.69) is 43.9 Å². The fourth-order valence-corrected chi connectivity index (χ4v) is 7.46. The third-order valence-corrected chi connectivity index (χ3v) is 9.66. The van der Waals surface area contributed by atoms with Crippen molar-refractivity contribution in [2.45, 2.75) is 62.3 Å². The van der Waals surface area contributed by atoms with Crippen LogP contribution in [0.5, 0.6) is 0 Å². The first-order valence-corrected chi connectivity index (χ1v) is 15.3. The third-order valence-electron chi connectivity index (χ3n) is 9.66. The van der Waals surface area contributed by atoms with Crippen LogP contribution >= 0.6 is 0 Å². The Kier molecular flexibility index (Phi) is 7.52. The number of carbonyl (C=O) groups is 1. The first-order chi connectivity index (χ1) is 21.4. The molecule has 1 aromatic heterocycles. The van der Waals surface area contributed by atoms with Crippen LogP contribution in [0.3, 0.4) is 0 Å². The van der Waals surface area contributed by atoms with E-state index >= 15 is 0 Å². The predicted octanol–water partition coefficient (Wildman–Crippen LogP) is 6.36. The first-order valence-electron chi connectivity index (χ1n) is 15.3. The van der Waals surface area contributed by atoms with Gasteiger partial charge in [0.05, 0.1) is 6.04 Å². The van der Waals surface area contributed by atoms with Gasteiger partial charge in [0.25, 0.3) is 0 Å². The summed E-state index contributed by atoms with van der Waals surface area (Å²) >= 11 is 0. The molecular formula is C34H34F3N5O2. The molecule has 44 heavy (non-hydrogen) atoms. The number of halogens is 3. The molecule has 1 aliphatic carbocycles. The van der Waals surface area contributed by atoms with E-state index in [1.807, 2.05) is 6.07 Å². The molecule has 3 aliphatic rings. The molecule has 3 aromatic carbocycles. The number of piperidine rings is 1. The molecule has 4 aromatic rings. The van der Waals surface area contributed by atoms with Crippen LogP contribution < -0.4 is 15.5 Å². The van der Waals surface area contributed by atoms with Crippen molar-refractivity contribution in [2.75, 3.05) is 29.9 Å². The second-order valence-corrected chi connectivity index (χ2v) is 12.3. The molecule has 0 radical (unpaired) electrons. The molecule has 228 valence electrons. The average molecular weight is 602 g/mol. The van der Waals surface area contributed by atoms with Gasteiger partial charge in [0.2, 0.25) is 12.3 Å². The van der Waals surface area contributed by atoms with Gasteiger partial charge in [-0.25, -0.2) is 13.2 Å². The molecule has 0 bridgehead atoms. The largest absolute Gasteiger partial charge is 0.385 e. The van der Waals surface area contributed by atoms with Gasteiger partial charge in [-0.15, -0.1) is 0 Å². The standard InChI is InChI=1S/C34H34F3N5O2/c35-24-4-6-26-23(17-32(43)40-31(33-39-20-44-41-33)15-21-3-7-28(36)29(37)14-21)19-34(27(26)18-24)9-12-42(13-10-34)25-5-8-30-22(16-25)2-1-11-38-30/h3-8,14,16,18,20,23,31,38H,1-2,9-13,15,17,19H2,(H,40,43)/t23-,31-/m1/s1. The lowest BCUT2D eigenvalue weighted by Crippen LogP contribution is -2.42. The normalized spacial score (nSPS) is 19.2. The van der Waals surface area contributed by atoms with Gasteiger partial charge in [-0.3, -0.25) is 4.79 Å². The van der Waals surface area contributed by atoms with Gasteiger partial charge in [-0.1, -0.05) is 17.3 Å². The number of hydrogen-bond acceptors (Lipinski definition) is 6. The maximum absolute atomic E-state index is 14.6. The van der Waals surface area contributed by atoms with Crippen LogP contribution in [0.4, 0.5) is 24.5 Å². The minimum Gasteiger partial charge on any atom is -0.385 e. The van der Waals surface area contributed by atoms with E-state index in [-0.39, 0.29) is 41.7 Å². The highest BCUT2D eigenvalue weighted by atomic mass is 19.2. The molecular weight excluding hydrogens is 567 g/mol. The molecule has 0 saturated carbocycles. The molecule has 7 rings (SSSR count). The van der Waals surface area contributed by atoms with Gasteiger partial charge in [0.1, 0.15) is 5.82 Å². The molecule has 1 saturated heterocycles. The van der Waals surface area contributed by atoms with E-state index < -0.39 is 17.7 Å². The Balaban J connectivity index is 1.06. The molecule has 1 spiro atoms. The summed E-state index contributed by atoms with van der Waals surface area (Å²) in [7, 11) is 0. The van der Waals surface area contributed by atoms with E-state index in [0.717, 1.165) is 75.0 Å². The van der Waals surface area contributed by atoms with Crippen LogP contribution in [0, 0.1) is 17.5 Å². The number of benzene rings is 3. The zero-order chi connectivity index (χ0) is 30.3. The van der Waals surface area contributed by atoms with Gasteiger partial charge in [-0.2, -0.15) is 4.98 Å². The van der Waals surface area contributed by atoms with E-state index in [1.54, 1.807) is 6.07 Å². The van der Waals surface area contributed by atoms with E-state index in [4.69, 9.17) is 4.52 Å². The summed E-state index contributed by atoms with van der Waals surface area (Å²) in [6.07, 6.45) is 6.25. The van der Waals surface area contributed by atoms with Gasteiger partial charge in [-0.05, 0) is 108 Å². The molecule has 7 nitrogen and oxygen atoms in total. The number of aryl methyl sites for hydroxylation is 1.